The lowest BCUT2D eigenvalue weighted by atomic mass is 10.3. The fraction of sp³-hybridized carbons (Fsp3) is 0.0769. The Hall–Kier alpha value is -1.55. The zero-order valence-electron chi connectivity index (χ0n) is 11.6. The van der Waals surface area contributed by atoms with Crippen molar-refractivity contribution >= 4 is 37.5 Å². The molecule has 0 aliphatic rings. The highest BCUT2D eigenvalue weighted by atomic mass is 32.2. The minimum absolute atomic E-state index is 0.171. The lowest BCUT2D eigenvalue weighted by Crippen LogP contribution is -2.16. The van der Waals surface area contributed by atoms with E-state index in [2.05, 4.69) is 4.72 Å². The fourth-order valence-electron chi connectivity index (χ4n) is 1.75. The van der Waals surface area contributed by atoms with Gasteiger partial charge in [-0.3, -0.25) is 4.72 Å². The van der Waals surface area contributed by atoms with E-state index in [1.807, 2.05) is 6.26 Å². The van der Waals surface area contributed by atoms with Crippen molar-refractivity contribution in [2.75, 3.05) is 11.0 Å². The van der Waals surface area contributed by atoms with Crippen molar-refractivity contribution in [1.82, 2.24) is 0 Å². The Morgan fingerprint density at radius 2 is 1.59 bits per heavy atom. The van der Waals surface area contributed by atoms with Gasteiger partial charge in [0.25, 0.3) is 10.0 Å². The van der Waals surface area contributed by atoms with Gasteiger partial charge in [0.1, 0.15) is 0 Å². The quantitative estimate of drug-likeness (QED) is 0.794. The van der Waals surface area contributed by atoms with Gasteiger partial charge in [0.2, 0.25) is 10.0 Å². The van der Waals surface area contributed by atoms with Crippen LogP contribution in [0.3, 0.4) is 0 Å². The number of rotatable bonds is 5. The van der Waals surface area contributed by atoms with Crippen LogP contribution in [0, 0.1) is 0 Å². The first-order chi connectivity index (χ1) is 10.2. The van der Waals surface area contributed by atoms with Crippen LogP contribution in [0.1, 0.15) is 0 Å². The minimum atomic E-state index is -3.97. The van der Waals surface area contributed by atoms with Crippen LogP contribution in [0.5, 0.6) is 0 Å². The molecule has 2 rings (SSSR count). The maximum Gasteiger partial charge on any atom is 0.261 e. The van der Waals surface area contributed by atoms with Crippen LogP contribution in [0.4, 0.5) is 5.69 Å². The average molecular weight is 358 g/mol. The van der Waals surface area contributed by atoms with Crippen molar-refractivity contribution in [3.63, 3.8) is 0 Å². The molecule has 0 atom stereocenters. The molecule has 0 aromatic heterocycles. The molecule has 3 N–H and O–H groups in total. The Morgan fingerprint density at radius 1 is 0.955 bits per heavy atom. The molecule has 0 radical (unpaired) electrons. The van der Waals surface area contributed by atoms with E-state index in [4.69, 9.17) is 5.14 Å². The van der Waals surface area contributed by atoms with E-state index >= 15 is 0 Å². The first-order valence-corrected chi connectivity index (χ1v) is 10.3. The number of primary sulfonamides is 1. The van der Waals surface area contributed by atoms with E-state index < -0.39 is 20.0 Å². The predicted octanol–water partition coefficient (Wildman–Crippen LogP) is 1.86. The van der Waals surface area contributed by atoms with Gasteiger partial charge in [0, 0.05) is 4.90 Å². The Bertz CT molecular complexity index is 893. The molecule has 0 spiro atoms. The van der Waals surface area contributed by atoms with Crippen LogP contribution in [0.25, 0.3) is 0 Å². The molecule has 2 aromatic carbocycles. The van der Waals surface area contributed by atoms with Gasteiger partial charge in [-0.05, 0) is 36.6 Å². The van der Waals surface area contributed by atoms with Crippen LogP contribution in [-0.4, -0.2) is 23.1 Å². The predicted molar refractivity (Wildman–Crippen MR) is 86.8 cm³/mol. The molecule has 0 fully saturated rings. The molecule has 22 heavy (non-hydrogen) atoms. The van der Waals surface area contributed by atoms with Gasteiger partial charge in [-0.1, -0.05) is 18.2 Å². The van der Waals surface area contributed by atoms with Crippen LogP contribution < -0.4 is 9.86 Å². The Balaban J connectivity index is 2.43. The fourth-order valence-corrected chi connectivity index (χ4v) is 4.13. The lowest BCUT2D eigenvalue weighted by molar-refractivity contribution is 0.597. The number of thioether (sulfide) groups is 1. The summed E-state index contributed by atoms with van der Waals surface area (Å²) in [5.41, 5.74) is 0.427. The monoisotopic (exact) mass is 358 g/mol. The Kier molecular flexibility index (Phi) is 4.81. The van der Waals surface area contributed by atoms with Crippen molar-refractivity contribution in [2.45, 2.75) is 14.7 Å². The highest BCUT2D eigenvalue weighted by molar-refractivity contribution is 7.99. The van der Waals surface area contributed by atoms with Crippen molar-refractivity contribution < 1.29 is 16.8 Å². The molecule has 0 amide bonds. The number of hydrogen-bond donors (Lipinski definition) is 2. The van der Waals surface area contributed by atoms with Gasteiger partial charge >= 0.3 is 0 Å². The second-order valence-corrected chi connectivity index (χ2v) is 8.42. The smallest absolute Gasteiger partial charge is 0.261 e. The summed E-state index contributed by atoms with van der Waals surface area (Å²) in [7, 11) is -7.88. The summed E-state index contributed by atoms with van der Waals surface area (Å²) in [6.45, 7) is 0. The molecule has 9 heteroatoms. The summed E-state index contributed by atoms with van der Waals surface area (Å²) < 4.78 is 49.9. The van der Waals surface area contributed by atoms with E-state index in [-0.39, 0.29) is 9.79 Å². The molecule has 0 unspecified atom stereocenters. The molecule has 0 aliphatic heterocycles. The van der Waals surface area contributed by atoms with Crippen molar-refractivity contribution in [3.8, 4) is 0 Å². The molecular formula is C13H14N2O4S3. The second kappa shape index (κ2) is 6.29. The summed E-state index contributed by atoms with van der Waals surface area (Å²) in [6, 6.07) is 11.8. The largest absolute Gasteiger partial charge is 0.278 e. The maximum absolute atomic E-state index is 12.4. The standard InChI is InChI=1S/C13H14N2O4S3/c1-20-13-8-3-2-7-12(13)15-22(18,19)11-6-4-5-10(9-11)21(14,16)17/h2-9,15H,1H3,(H2,14,16,17). The van der Waals surface area contributed by atoms with Crippen molar-refractivity contribution in [3.05, 3.63) is 48.5 Å². The number of para-hydroxylation sites is 1. The van der Waals surface area contributed by atoms with Gasteiger partial charge in [-0.25, -0.2) is 22.0 Å². The van der Waals surface area contributed by atoms with Gasteiger partial charge in [0.15, 0.2) is 0 Å². The van der Waals surface area contributed by atoms with Crippen LogP contribution in [0.2, 0.25) is 0 Å². The first kappa shape index (κ1) is 16.8. The number of anilines is 1. The first-order valence-electron chi connectivity index (χ1n) is 6.03. The van der Waals surface area contributed by atoms with E-state index in [0.29, 0.717) is 5.69 Å². The number of nitrogens with one attached hydrogen (secondary N) is 1. The third-order valence-electron chi connectivity index (χ3n) is 2.80. The Labute approximate surface area is 133 Å². The molecular weight excluding hydrogens is 344 g/mol. The second-order valence-electron chi connectivity index (χ2n) is 4.33. The summed E-state index contributed by atoms with van der Waals surface area (Å²) in [4.78, 5) is 0.331. The SMILES string of the molecule is CSc1ccccc1NS(=O)(=O)c1cccc(S(N)(=O)=O)c1. The van der Waals surface area contributed by atoms with Crippen LogP contribution in [0.15, 0.2) is 63.2 Å². The summed E-state index contributed by atoms with van der Waals surface area (Å²) in [6.07, 6.45) is 1.83. The summed E-state index contributed by atoms with van der Waals surface area (Å²) in [5, 5.41) is 5.02. The molecule has 2 aromatic rings. The zero-order chi connectivity index (χ0) is 16.4. The van der Waals surface area contributed by atoms with E-state index in [0.717, 1.165) is 11.0 Å². The normalized spacial score (nSPS) is 12.1. The summed E-state index contributed by atoms with van der Waals surface area (Å²) in [5.74, 6) is 0. The molecule has 0 saturated heterocycles. The third-order valence-corrected chi connectivity index (χ3v) is 5.87. The van der Waals surface area contributed by atoms with Crippen molar-refractivity contribution in [2.24, 2.45) is 5.14 Å². The molecule has 6 nitrogen and oxygen atoms in total. The molecule has 0 bridgehead atoms. The highest BCUT2D eigenvalue weighted by Gasteiger charge is 2.18. The third kappa shape index (κ3) is 3.80. The summed E-state index contributed by atoms with van der Waals surface area (Å²) >= 11 is 1.40. The average Bonchev–Trinajstić information content (AvgIpc) is 2.47. The van der Waals surface area contributed by atoms with E-state index in [9.17, 15) is 16.8 Å². The molecule has 0 saturated carbocycles. The number of sulfonamides is 2. The van der Waals surface area contributed by atoms with E-state index in [1.165, 1.54) is 30.0 Å². The number of nitrogens with two attached hydrogens (primary N) is 1. The molecule has 118 valence electrons. The Morgan fingerprint density at radius 3 is 2.23 bits per heavy atom. The molecule has 0 heterocycles. The topological polar surface area (TPSA) is 106 Å². The van der Waals surface area contributed by atoms with Gasteiger partial charge in [-0.2, -0.15) is 0 Å². The lowest BCUT2D eigenvalue weighted by Gasteiger charge is -2.11. The zero-order valence-corrected chi connectivity index (χ0v) is 14.0. The highest BCUT2D eigenvalue weighted by Crippen LogP contribution is 2.27. The van der Waals surface area contributed by atoms with Crippen molar-refractivity contribution in [1.29, 1.82) is 0 Å². The van der Waals surface area contributed by atoms with Crippen LogP contribution >= 0.6 is 11.8 Å². The number of hydrogen-bond acceptors (Lipinski definition) is 5. The number of benzene rings is 2. The molecule has 0 aliphatic carbocycles. The van der Waals surface area contributed by atoms with Gasteiger partial charge < -0.3 is 0 Å². The van der Waals surface area contributed by atoms with Crippen LogP contribution in [-0.2, 0) is 20.0 Å². The van der Waals surface area contributed by atoms with Gasteiger partial charge in [0.05, 0.1) is 15.5 Å². The maximum atomic E-state index is 12.4. The minimum Gasteiger partial charge on any atom is -0.278 e. The van der Waals surface area contributed by atoms with Gasteiger partial charge in [-0.15, -0.1) is 11.8 Å². The van der Waals surface area contributed by atoms with E-state index in [1.54, 1.807) is 24.3 Å².